The van der Waals surface area contributed by atoms with E-state index in [9.17, 15) is 9.59 Å². The Labute approximate surface area is 180 Å². The number of benzene rings is 1. The van der Waals surface area contributed by atoms with Crippen molar-refractivity contribution in [3.05, 3.63) is 76.7 Å². The van der Waals surface area contributed by atoms with E-state index in [0.29, 0.717) is 30.3 Å². The van der Waals surface area contributed by atoms with Crippen molar-refractivity contribution in [3.8, 4) is 11.4 Å². The Balaban J connectivity index is 1.54. The van der Waals surface area contributed by atoms with Crippen LogP contribution in [0.25, 0.3) is 11.4 Å². The highest BCUT2D eigenvalue weighted by Gasteiger charge is 2.34. The second-order valence-electron chi connectivity index (χ2n) is 7.98. The smallest absolute Gasteiger partial charge is 0.407 e. The van der Waals surface area contributed by atoms with Crippen molar-refractivity contribution in [3.63, 3.8) is 0 Å². The topological polar surface area (TPSA) is 99.0 Å². The molecule has 1 unspecified atom stereocenters. The SMILES string of the molecule is CC1(CNC(=O)OCc2ccccc2)CCCCn2c1nc(-c1ccncn1)cc2=O. The minimum absolute atomic E-state index is 0.113. The van der Waals surface area contributed by atoms with Gasteiger partial charge in [-0.2, -0.15) is 0 Å². The van der Waals surface area contributed by atoms with E-state index in [1.807, 2.05) is 37.3 Å². The summed E-state index contributed by atoms with van der Waals surface area (Å²) >= 11 is 0. The molecule has 160 valence electrons. The van der Waals surface area contributed by atoms with Crippen LogP contribution in [-0.4, -0.2) is 32.2 Å². The molecule has 1 aliphatic heterocycles. The molecular formula is C23H25N5O3. The van der Waals surface area contributed by atoms with Crippen LogP contribution >= 0.6 is 0 Å². The number of nitrogens with one attached hydrogen (secondary N) is 1. The zero-order valence-corrected chi connectivity index (χ0v) is 17.5. The van der Waals surface area contributed by atoms with Gasteiger partial charge in [-0.3, -0.25) is 9.36 Å². The van der Waals surface area contributed by atoms with Gasteiger partial charge in [-0.15, -0.1) is 0 Å². The fraction of sp³-hybridized carbons (Fsp3) is 0.348. The fourth-order valence-corrected chi connectivity index (χ4v) is 3.86. The first-order valence-electron chi connectivity index (χ1n) is 10.4. The van der Waals surface area contributed by atoms with Gasteiger partial charge < -0.3 is 10.1 Å². The number of fused-ring (bicyclic) bond motifs is 1. The Morgan fingerprint density at radius 2 is 2.03 bits per heavy atom. The van der Waals surface area contributed by atoms with E-state index < -0.39 is 11.5 Å². The Bertz CT molecular complexity index is 1100. The van der Waals surface area contributed by atoms with Crippen molar-refractivity contribution in [2.24, 2.45) is 0 Å². The van der Waals surface area contributed by atoms with Crippen molar-refractivity contribution < 1.29 is 9.53 Å². The van der Waals surface area contributed by atoms with Crippen LogP contribution in [0.2, 0.25) is 0 Å². The molecule has 0 aliphatic carbocycles. The molecule has 1 atom stereocenters. The lowest BCUT2D eigenvalue weighted by Gasteiger charge is -2.29. The summed E-state index contributed by atoms with van der Waals surface area (Å²) in [5, 5.41) is 2.87. The lowest BCUT2D eigenvalue weighted by molar-refractivity contribution is 0.136. The van der Waals surface area contributed by atoms with Gasteiger partial charge in [-0.1, -0.05) is 43.7 Å². The van der Waals surface area contributed by atoms with Gasteiger partial charge >= 0.3 is 6.09 Å². The zero-order valence-electron chi connectivity index (χ0n) is 17.5. The van der Waals surface area contributed by atoms with E-state index in [-0.39, 0.29) is 12.2 Å². The number of alkyl carbamates (subject to hydrolysis) is 1. The van der Waals surface area contributed by atoms with Gasteiger partial charge in [0.25, 0.3) is 5.56 Å². The first-order chi connectivity index (χ1) is 15.0. The highest BCUT2D eigenvalue weighted by Crippen LogP contribution is 2.31. The Kier molecular flexibility index (Phi) is 6.06. The average Bonchev–Trinajstić information content (AvgIpc) is 2.97. The van der Waals surface area contributed by atoms with Crippen LogP contribution in [0.5, 0.6) is 0 Å². The normalized spacial score (nSPS) is 18.0. The molecule has 8 heteroatoms. The summed E-state index contributed by atoms with van der Waals surface area (Å²) in [6, 6.07) is 12.8. The standard InChI is InChI=1S/C23H25N5O3/c1-23(15-25-22(30)31-14-17-7-3-2-4-8-17)10-5-6-12-28-20(29)13-19(27-21(23)28)18-9-11-24-16-26-18/h2-4,7-9,11,13,16H,5-6,10,12,14-15H2,1H3,(H,25,30). The predicted octanol–water partition coefficient (Wildman–Crippen LogP) is 3.07. The molecule has 1 aromatic carbocycles. The van der Waals surface area contributed by atoms with Crippen LogP contribution in [0, 0.1) is 0 Å². The van der Waals surface area contributed by atoms with Crippen molar-refractivity contribution in [2.45, 2.75) is 44.8 Å². The molecule has 0 radical (unpaired) electrons. The van der Waals surface area contributed by atoms with Crippen LogP contribution in [0.4, 0.5) is 4.79 Å². The third-order valence-electron chi connectivity index (χ3n) is 5.59. The highest BCUT2D eigenvalue weighted by atomic mass is 16.5. The first-order valence-corrected chi connectivity index (χ1v) is 10.4. The third-order valence-corrected chi connectivity index (χ3v) is 5.59. The van der Waals surface area contributed by atoms with Gasteiger partial charge in [0.2, 0.25) is 0 Å². The molecule has 2 aromatic heterocycles. The van der Waals surface area contributed by atoms with E-state index in [1.165, 1.54) is 12.4 Å². The molecule has 0 bridgehead atoms. The molecule has 0 spiro atoms. The number of carbonyl (C=O) groups excluding carboxylic acids is 1. The molecule has 1 aliphatic rings. The Morgan fingerprint density at radius 1 is 1.19 bits per heavy atom. The maximum Gasteiger partial charge on any atom is 0.407 e. The van der Waals surface area contributed by atoms with Crippen LogP contribution in [0.1, 0.15) is 37.6 Å². The summed E-state index contributed by atoms with van der Waals surface area (Å²) in [5.74, 6) is 0.662. The van der Waals surface area contributed by atoms with Crippen LogP contribution in [0.15, 0.2) is 59.8 Å². The molecule has 8 nitrogen and oxygen atoms in total. The van der Waals surface area contributed by atoms with Gasteiger partial charge in [0.05, 0.1) is 11.4 Å². The van der Waals surface area contributed by atoms with Crippen LogP contribution < -0.4 is 10.9 Å². The lowest BCUT2D eigenvalue weighted by atomic mass is 9.84. The molecular weight excluding hydrogens is 394 g/mol. The molecule has 31 heavy (non-hydrogen) atoms. The number of carbonyl (C=O) groups is 1. The maximum atomic E-state index is 12.9. The molecule has 4 rings (SSSR count). The summed E-state index contributed by atoms with van der Waals surface area (Å²) in [7, 11) is 0. The number of hydrogen-bond donors (Lipinski definition) is 1. The minimum atomic E-state index is -0.509. The van der Waals surface area contributed by atoms with Gasteiger partial charge in [0.1, 0.15) is 18.8 Å². The van der Waals surface area contributed by atoms with E-state index in [2.05, 4.69) is 15.3 Å². The number of rotatable bonds is 5. The van der Waals surface area contributed by atoms with Gasteiger partial charge in [0.15, 0.2) is 0 Å². The molecule has 1 N–H and O–H groups in total. The first kappa shape index (κ1) is 20.7. The second-order valence-corrected chi connectivity index (χ2v) is 7.98. The zero-order chi connectivity index (χ0) is 21.7. The quantitative estimate of drug-likeness (QED) is 0.682. The van der Waals surface area contributed by atoms with E-state index in [4.69, 9.17) is 9.72 Å². The largest absolute Gasteiger partial charge is 0.445 e. The average molecular weight is 419 g/mol. The van der Waals surface area contributed by atoms with Gasteiger partial charge in [0, 0.05) is 30.8 Å². The number of aromatic nitrogens is 4. The van der Waals surface area contributed by atoms with Gasteiger partial charge in [-0.25, -0.2) is 19.7 Å². The number of amides is 1. The summed E-state index contributed by atoms with van der Waals surface area (Å²) < 4.78 is 7.06. The van der Waals surface area contributed by atoms with Gasteiger partial charge in [-0.05, 0) is 24.5 Å². The van der Waals surface area contributed by atoms with E-state index >= 15 is 0 Å². The number of hydrogen-bond acceptors (Lipinski definition) is 6. The summed E-state index contributed by atoms with van der Waals surface area (Å²) in [6.45, 7) is 3.16. The molecule has 0 saturated carbocycles. The summed E-state index contributed by atoms with van der Waals surface area (Å²) in [6.07, 6.45) is 5.18. The Hall–Kier alpha value is -3.55. The minimum Gasteiger partial charge on any atom is -0.445 e. The molecule has 1 amide bonds. The third kappa shape index (κ3) is 4.79. The molecule has 3 heterocycles. The fourth-order valence-electron chi connectivity index (χ4n) is 3.86. The molecule has 0 fully saturated rings. The van der Waals surface area contributed by atoms with Crippen molar-refractivity contribution >= 4 is 6.09 Å². The van der Waals surface area contributed by atoms with Crippen LogP contribution in [0.3, 0.4) is 0 Å². The van der Waals surface area contributed by atoms with Crippen LogP contribution in [-0.2, 0) is 23.3 Å². The number of nitrogens with zero attached hydrogens (tertiary/aromatic N) is 4. The second kappa shape index (κ2) is 9.07. The maximum absolute atomic E-state index is 12.9. The van der Waals surface area contributed by atoms with E-state index in [1.54, 1.807) is 16.8 Å². The lowest BCUT2D eigenvalue weighted by Crippen LogP contribution is -2.42. The van der Waals surface area contributed by atoms with E-state index in [0.717, 1.165) is 24.8 Å². The Morgan fingerprint density at radius 3 is 2.81 bits per heavy atom. The van der Waals surface area contributed by atoms with Crippen molar-refractivity contribution in [1.29, 1.82) is 0 Å². The number of ether oxygens (including phenoxy) is 1. The van der Waals surface area contributed by atoms with Crippen molar-refractivity contribution in [2.75, 3.05) is 6.54 Å². The highest BCUT2D eigenvalue weighted by molar-refractivity contribution is 5.67. The summed E-state index contributed by atoms with van der Waals surface area (Å²) in [4.78, 5) is 38.1. The monoisotopic (exact) mass is 419 g/mol. The molecule has 3 aromatic rings. The predicted molar refractivity (Wildman–Crippen MR) is 115 cm³/mol. The van der Waals surface area contributed by atoms with Crippen molar-refractivity contribution in [1.82, 2.24) is 24.8 Å². The molecule has 0 saturated heterocycles. The summed E-state index contributed by atoms with van der Waals surface area (Å²) in [5.41, 5.74) is 1.41.